The van der Waals surface area contributed by atoms with Crippen LogP contribution in [0.4, 0.5) is 0 Å². The van der Waals surface area contributed by atoms with Gasteiger partial charge in [0, 0.05) is 12.3 Å². The van der Waals surface area contributed by atoms with Crippen LogP contribution in [0.25, 0.3) is 0 Å². The molecule has 1 aromatic heterocycles. The van der Waals surface area contributed by atoms with E-state index in [1.807, 2.05) is 30.3 Å². The number of benzene rings is 1. The second-order valence-corrected chi connectivity index (χ2v) is 4.76. The van der Waals surface area contributed by atoms with E-state index in [1.54, 1.807) is 0 Å². The van der Waals surface area contributed by atoms with E-state index in [0.29, 0.717) is 0 Å². The fourth-order valence-corrected chi connectivity index (χ4v) is 2.06. The van der Waals surface area contributed by atoms with Crippen molar-refractivity contribution in [1.82, 2.24) is 4.57 Å². The van der Waals surface area contributed by atoms with Crippen LogP contribution >= 0.6 is 0 Å². The van der Waals surface area contributed by atoms with Crippen molar-refractivity contribution in [3.63, 3.8) is 0 Å². The molecule has 0 radical (unpaired) electrons. The van der Waals surface area contributed by atoms with Crippen LogP contribution in [0.2, 0.25) is 0 Å². The molecule has 0 saturated heterocycles. The molecular formula is C16H17NO6. The Morgan fingerprint density at radius 2 is 1.91 bits per heavy atom. The van der Waals surface area contributed by atoms with Crippen LogP contribution in [0.15, 0.2) is 47.4 Å². The average Bonchev–Trinajstić information content (AvgIpc) is 2.54. The minimum Gasteiger partial charge on any atom is -0.482 e. The van der Waals surface area contributed by atoms with Gasteiger partial charge >= 0.3 is 5.97 Å². The molecule has 0 fully saturated rings. The van der Waals surface area contributed by atoms with Gasteiger partial charge < -0.3 is 24.3 Å². The molecule has 0 bridgehead atoms. The summed E-state index contributed by atoms with van der Waals surface area (Å²) in [4.78, 5) is 24.0. The maximum Gasteiger partial charge on any atom is 0.358 e. The van der Waals surface area contributed by atoms with Gasteiger partial charge in [-0.2, -0.15) is 0 Å². The molecule has 2 N–H and O–H groups in total. The number of hydrogen-bond acceptors (Lipinski definition) is 6. The van der Waals surface area contributed by atoms with E-state index >= 15 is 0 Å². The highest BCUT2D eigenvalue weighted by Crippen LogP contribution is 2.17. The summed E-state index contributed by atoms with van der Waals surface area (Å²) in [7, 11) is 1.17. The maximum absolute atomic E-state index is 12.0. The molecule has 7 nitrogen and oxygen atoms in total. The van der Waals surface area contributed by atoms with Gasteiger partial charge in [0.05, 0.1) is 13.7 Å². The zero-order chi connectivity index (χ0) is 16.8. The molecule has 0 aliphatic heterocycles. The molecule has 0 aliphatic rings. The van der Waals surface area contributed by atoms with Gasteiger partial charge in [-0.25, -0.2) is 4.79 Å². The number of methoxy groups -OCH3 is 1. The van der Waals surface area contributed by atoms with Crippen molar-refractivity contribution in [3.8, 4) is 5.75 Å². The van der Waals surface area contributed by atoms with Crippen molar-refractivity contribution in [2.24, 2.45) is 0 Å². The van der Waals surface area contributed by atoms with E-state index in [9.17, 15) is 9.59 Å². The molecule has 122 valence electrons. The summed E-state index contributed by atoms with van der Waals surface area (Å²) in [6.45, 7) is -0.210. The van der Waals surface area contributed by atoms with E-state index in [0.717, 1.165) is 5.56 Å². The molecule has 0 aliphatic carbocycles. The second-order valence-electron chi connectivity index (χ2n) is 4.76. The first kappa shape index (κ1) is 16.7. The zero-order valence-electron chi connectivity index (χ0n) is 12.5. The summed E-state index contributed by atoms with van der Waals surface area (Å²) >= 11 is 0. The molecule has 0 saturated carbocycles. The lowest BCUT2D eigenvalue weighted by Gasteiger charge is -2.16. The highest BCUT2D eigenvalue weighted by Gasteiger charge is 2.21. The van der Waals surface area contributed by atoms with Gasteiger partial charge in [0.2, 0.25) is 5.43 Å². The third-order valence-corrected chi connectivity index (χ3v) is 3.10. The fourth-order valence-electron chi connectivity index (χ4n) is 2.06. The Hall–Kier alpha value is -2.64. The number of aliphatic hydroxyl groups excluding tert-OH is 1. The number of carbonyl (C=O) groups is 1. The Kier molecular flexibility index (Phi) is 5.51. The van der Waals surface area contributed by atoms with Crippen LogP contribution in [0.1, 0.15) is 16.1 Å². The van der Waals surface area contributed by atoms with Crippen LogP contribution in [-0.4, -0.2) is 34.1 Å². The second kappa shape index (κ2) is 7.57. The van der Waals surface area contributed by atoms with Gasteiger partial charge in [0.25, 0.3) is 0 Å². The van der Waals surface area contributed by atoms with Crippen LogP contribution in [-0.2, 0) is 17.9 Å². The molecule has 0 spiro atoms. The van der Waals surface area contributed by atoms with Crippen LogP contribution in [0, 0.1) is 0 Å². The summed E-state index contributed by atoms with van der Waals surface area (Å²) in [5.74, 6) is -0.990. The standard InChI is InChI=1S/C16H17NO6/c1-22-16(21)14-15(23-10-11-5-3-2-4-6-11)12(18)7-8-17(14)9-13(19)20/h2-8,13,19-20H,9-10H2,1H3. The normalized spacial score (nSPS) is 10.6. The number of pyridine rings is 1. The summed E-state index contributed by atoms with van der Waals surface area (Å²) in [6.07, 6.45) is -0.411. The van der Waals surface area contributed by atoms with Crippen molar-refractivity contribution in [2.45, 2.75) is 19.4 Å². The van der Waals surface area contributed by atoms with Gasteiger partial charge in [-0.15, -0.1) is 0 Å². The smallest absolute Gasteiger partial charge is 0.358 e. The Bertz CT molecular complexity index is 723. The van der Waals surface area contributed by atoms with Crippen molar-refractivity contribution < 1.29 is 24.5 Å². The molecule has 1 aromatic carbocycles. The number of esters is 1. The molecule has 23 heavy (non-hydrogen) atoms. The first-order chi connectivity index (χ1) is 11.0. The topological polar surface area (TPSA) is 98.0 Å². The van der Waals surface area contributed by atoms with E-state index in [2.05, 4.69) is 4.74 Å². The van der Waals surface area contributed by atoms with Gasteiger partial charge in [0.15, 0.2) is 17.7 Å². The number of rotatable bonds is 6. The molecule has 0 amide bonds. The SMILES string of the molecule is COC(=O)c1c(OCc2ccccc2)c(=O)ccn1CC(O)O. The van der Waals surface area contributed by atoms with E-state index in [-0.39, 0.29) is 24.6 Å². The number of hydrogen-bond donors (Lipinski definition) is 2. The lowest BCUT2D eigenvalue weighted by molar-refractivity contribution is -0.0519. The van der Waals surface area contributed by atoms with Crippen molar-refractivity contribution >= 4 is 5.97 Å². The van der Waals surface area contributed by atoms with Crippen LogP contribution in [0.3, 0.4) is 0 Å². The molecular weight excluding hydrogens is 302 g/mol. The van der Waals surface area contributed by atoms with E-state index in [4.69, 9.17) is 14.9 Å². The Labute approximate surface area is 132 Å². The Morgan fingerprint density at radius 1 is 1.22 bits per heavy atom. The molecule has 7 heteroatoms. The summed E-state index contributed by atoms with van der Waals surface area (Å²) in [6, 6.07) is 10.3. The first-order valence-corrected chi connectivity index (χ1v) is 6.87. The van der Waals surface area contributed by atoms with Gasteiger partial charge in [-0.1, -0.05) is 30.3 Å². The molecule has 0 atom stereocenters. The number of ether oxygens (including phenoxy) is 2. The third kappa shape index (κ3) is 4.18. The van der Waals surface area contributed by atoms with Gasteiger partial charge in [-0.3, -0.25) is 4.79 Å². The number of nitrogens with zero attached hydrogens (tertiary/aromatic N) is 1. The predicted octanol–water partition coefficient (Wildman–Crippen LogP) is 0.525. The summed E-state index contributed by atoms with van der Waals surface area (Å²) < 4.78 is 11.4. The largest absolute Gasteiger partial charge is 0.482 e. The first-order valence-electron chi connectivity index (χ1n) is 6.87. The minimum absolute atomic E-state index is 0.0891. The summed E-state index contributed by atoms with van der Waals surface area (Å²) in [5, 5.41) is 18.2. The molecule has 0 unspecified atom stereocenters. The lowest BCUT2D eigenvalue weighted by Crippen LogP contribution is -2.25. The predicted molar refractivity (Wildman–Crippen MR) is 81.0 cm³/mol. The molecule has 2 rings (SSSR count). The van der Waals surface area contributed by atoms with Crippen molar-refractivity contribution in [3.05, 3.63) is 64.1 Å². The number of carbonyl (C=O) groups excluding carboxylic acids is 1. The van der Waals surface area contributed by atoms with E-state index in [1.165, 1.54) is 23.9 Å². The number of aliphatic hydroxyl groups is 2. The highest BCUT2D eigenvalue weighted by molar-refractivity contribution is 5.90. The van der Waals surface area contributed by atoms with Gasteiger partial charge in [0.1, 0.15) is 6.61 Å². The quantitative estimate of drug-likeness (QED) is 0.595. The summed E-state index contributed by atoms with van der Waals surface area (Å²) in [5.41, 5.74) is 0.161. The van der Waals surface area contributed by atoms with Gasteiger partial charge in [-0.05, 0) is 5.56 Å². The fraction of sp³-hybridized carbons (Fsp3) is 0.250. The van der Waals surface area contributed by atoms with Crippen LogP contribution in [0.5, 0.6) is 5.75 Å². The van der Waals surface area contributed by atoms with Crippen LogP contribution < -0.4 is 10.2 Å². The average molecular weight is 319 g/mol. The third-order valence-electron chi connectivity index (χ3n) is 3.10. The lowest BCUT2D eigenvalue weighted by atomic mass is 10.2. The minimum atomic E-state index is -1.69. The molecule has 2 aromatic rings. The Morgan fingerprint density at radius 3 is 2.52 bits per heavy atom. The maximum atomic E-state index is 12.0. The van der Waals surface area contributed by atoms with Crippen molar-refractivity contribution in [2.75, 3.05) is 7.11 Å². The van der Waals surface area contributed by atoms with E-state index < -0.39 is 17.7 Å². The Balaban J connectivity index is 2.39. The zero-order valence-corrected chi connectivity index (χ0v) is 12.5. The molecule has 1 heterocycles. The monoisotopic (exact) mass is 319 g/mol. The highest BCUT2D eigenvalue weighted by atomic mass is 16.5. The van der Waals surface area contributed by atoms with Crippen molar-refractivity contribution in [1.29, 1.82) is 0 Å². The number of aromatic nitrogens is 1.